The summed E-state index contributed by atoms with van der Waals surface area (Å²) < 4.78 is 0. The van der Waals surface area contributed by atoms with E-state index in [4.69, 9.17) is 0 Å². The molecule has 0 aliphatic rings. The molecule has 1 aromatic carbocycles. The number of thiophene rings is 1. The van der Waals surface area contributed by atoms with Crippen LogP contribution < -0.4 is 10.6 Å². The molecule has 0 unspecified atom stereocenters. The highest BCUT2D eigenvalue weighted by Crippen LogP contribution is 2.13. The highest BCUT2D eigenvalue weighted by Gasteiger charge is 2.13. The SMILES string of the molecule is Cc1cc(C)cc(NC(=O)C(=O)NCCc2cccs2)c1. The Bertz CT molecular complexity index is 615. The van der Waals surface area contributed by atoms with Crippen LogP contribution in [-0.4, -0.2) is 18.4 Å². The Morgan fingerprint density at radius 2 is 1.81 bits per heavy atom. The lowest BCUT2D eigenvalue weighted by atomic mass is 10.1. The van der Waals surface area contributed by atoms with Gasteiger partial charge in [-0.25, -0.2) is 0 Å². The van der Waals surface area contributed by atoms with Crippen LogP contribution in [0, 0.1) is 13.8 Å². The summed E-state index contributed by atoms with van der Waals surface area (Å²) in [5.74, 6) is -1.24. The van der Waals surface area contributed by atoms with E-state index in [1.165, 1.54) is 4.88 Å². The topological polar surface area (TPSA) is 58.2 Å². The molecule has 2 aromatic rings. The van der Waals surface area contributed by atoms with Gasteiger partial charge in [-0.2, -0.15) is 0 Å². The summed E-state index contributed by atoms with van der Waals surface area (Å²) in [6.07, 6.45) is 0.736. The van der Waals surface area contributed by atoms with Gasteiger partial charge in [-0.15, -0.1) is 11.3 Å². The molecular formula is C16H18N2O2S. The standard InChI is InChI=1S/C16H18N2O2S/c1-11-8-12(2)10-13(9-11)18-16(20)15(19)17-6-5-14-4-3-7-21-14/h3-4,7-10H,5-6H2,1-2H3,(H,17,19)(H,18,20). The third kappa shape index (κ3) is 4.72. The van der Waals surface area contributed by atoms with Gasteiger partial charge in [0.2, 0.25) is 0 Å². The van der Waals surface area contributed by atoms with Gasteiger partial charge in [0.1, 0.15) is 0 Å². The fourth-order valence-corrected chi connectivity index (χ4v) is 2.78. The Labute approximate surface area is 128 Å². The first-order valence-corrected chi connectivity index (χ1v) is 7.62. The highest BCUT2D eigenvalue weighted by molar-refractivity contribution is 7.09. The zero-order chi connectivity index (χ0) is 15.2. The Kier molecular flexibility index (Phi) is 5.11. The highest BCUT2D eigenvalue weighted by atomic mass is 32.1. The predicted molar refractivity (Wildman–Crippen MR) is 85.6 cm³/mol. The molecule has 2 N–H and O–H groups in total. The number of carbonyl (C=O) groups is 2. The third-order valence-electron chi connectivity index (χ3n) is 2.92. The van der Waals surface area contributed by atoms with Crippen LogP contribution in [0.15, 0.2) is 35.7 Å². The molecule has 0 bridgehead atoms. The molecule has 0 atom stereocenters. The van der Waals surface area contributed by atoms with Crippen molar-refractivity contribution in [3.63, 3.8) is 0 Å². The molecule has 0 fully saturated rings. The van der Waals surface area contributed by atoms with Crippen molar-refractivity contribution in [3.8, 4) is 0 Å². The van der Waals surface area contributed by atoms with E-state index >= 15 is 0 Å². The Hall–Kier alpha value is -2.14. The molecule has 21 heavy (non-hydrogen) atoms. The molecule has 0 spiro atoms. The second-order valence-electron chi connectivity index (χ2n) is 4.92. The van der Waals surface area contributed by atoms with E-state index in [1.54, 1.807) is 11.3 Å². The molecule has 2 rings (SSSR count). The number of anilines is 1. The maximum atomic E-state index is 11.8. The van der Waals surface area contributed by atoms with Gasteiger partial charge in [0.05, 0.1) is 0 Å². The van der Waals surface area contributed by atoms with Gasteiger partial charge in [0, 0.05) is 17.1 Å². The first-order chi connectivity index (χ1) is 10.0. The summed E-state index contributed by atoms with van der Waals surface area (Å²) in [5, 5.41) is 7.23. The second kappa shape index (κ2) is 7.04. The predicted octanol–water partition coefficient (Wildman–Crippen LogP) is 2.66. The van der Waals surface area contributed by atoms with Gasteiger partial charge in [0.15, 0.2) is 0 Å². The number of carbonyl (C=O) groups excluding carboxylic acids is 2. The number of benzene rings is 1. The van der Waals surface area contributed by atoms with E-state index < -0.39 is 11.8 Å². The van der Waals surface area contributed by atoms with Gasteiger partial charge < -0.3 is 10.6 Å². The minimum absolute atomic E-state index is 0.458. The van der Waals surface area contributed by atoms with E-state index in [0.29, 0.717) is 12.2 Å². The number of aryl methyl sites for hydroxylation is 2. The van der Waals surface area contributed by atoms with Crippen molar-refractivity contribution in [2.75, 3.05) is 11.9 Å². The molecule has 110 valence electrons. The van der Waals surface area contributed by atoms with E-state index in [9.17, 15) is 9.59 Å². The summed E-state index contributed by atoms with van der Waals surface area (Å²) in [5.41, 5.74) is 2.73. The van der Waals surface area contributed by atoms with Crippen molar-refractivity contribution in [1.29, 1.82) is 0 Å². The summed E-state index contributed by atoms with van der Waals surface area (Å²) in [4.78, 5) is 24.7. The summed E-state index contributed by atoms with van der Waals surface area (Å²) in [7, 11) is 0. The number of hydrogen-bond donors (Lipinski definition) is 2. The van der Waals surface area contributed by atoms with Crippen LogP contribution in [-0.2, 0) is 16.0 Å². The molecule has 1 heterocycles. The van der Waals surface area contributed by atoms with Gasteiger partial charge in [-0.1, -0.05) is 12.1 Å². The number of rotatable bonds is 4. The maximum Gasteiger partial charge on any atom is 0.313 e. The normalized spacial score (nSPS) is 10.2. The van der Waals surface area contributed by atoms with E-state index in [2.05, 4.69) is 10.6 Å². The maximum absolute atomic E-state index is 11.8. The zero-order valence-corrected chi connectivity index (χ0v) is 12.9. The molecule has 0 aliphatic heterocycles. The van der Waals surface area contributed by atoms with Crippen LogP contribution in [0.2, 0.25) is 0 Å². The van der Waals surface area contributed by atoms with Gasteiger partial charge in [0.25, 0.3) is 0 Å². The average Bonchev–Trinajstić information content (AvgIpc) is 2.90. The molecular weight excluding hydrogens is 284 g/mol. The minimum atomic E-state index is -0.633. The van der Waals surface area contributed by atoms with Crippen molar-refractivity contribution in [1.82, 2.24) is 5.32 Å². The monoisotopic (exact) mass is 302 g/mol. The molecule has 2 amide bonds. The quantitative estimate of drug-likeness (QED) is 0.853. The fourth-order valence-electron chi connectivity index (χ4n) is 2.07. The van der Waals surface area contributed by atoms with E-state index in [0.717, 1.165) is 17.5 Å². The zero-order valence-electron chi connectivity index (χ0n) is 12.1. The Morgan fingerprint density at radius 3 is 2.43 bits per heavy atom. The summed E-state index contributed by atoms with van der Waals surface area (Å²) in [6.45, 7) is 4.35. The minimum Gasteiger partial charge on any atom is -0.347 e. The van der Waals surface area contributed by atoms with Crippen molar-refractivity contribution in [3.05, 3.63) is 51.7 Å². The van der Waals surface area contributed by atoms with Crippen LogP contribution in [0.3, 0.4) is 0 Å². The van der Waals surface area contributed by atoms with Gasteiger partial charge >= 0.3 is 11.8 Å². The lowest BCUT2D eigenvalue weighted by molar-refractivity contribution is -0.136. The molecule has 0 saturated carbocycles. The van der Waals surface area contributed by atoms with Crippen LogP contribution >= 0.6 is 11.3 Å². The average molecular weight is 302 g/mol. The molecule has 0 saturated heterocycles. The second-order valence-corrected chi connectivity index (χ2v) is 5.95. The smallest absolute Gasteiger partial charge is 0.313 e. The van der Waals surface area contributed by atoms with Gasteiger partial charge in [-0.05, 0) is 55.0 Å². The molecule has 5 heteroatoms. The van der Waals surface area contributed by atoms with Gasteiger partial charge in [-0.3, -0.25) is 9.59 Å². The van der Waals surface area contributed by atoms with Crippen LogP contribution in [0.25, 0.3) is 0 Å². The molecule has 0 radical (unpaired) electrons. The summed E-state index contributed by atoms with van der Waals surface area (Å²) >= 11 is 1.64. The van der Waals surface area contributed by atoms with Crippen LogP contribution in [0.1, 0.15) is 16.0 Å². The first-order valence-electron chi connectivity index (χ1n) is 6.74. The fraction of sp³-hybridized carbons (Fsp3) is 0.250. The van der Waals surface area contributed by atoms with Crippen molar-refractivity contribution in [2.24, 2.45) is 0 Å². The van der Waals surface area contributed by atoms with E-state index in [1.807, 2.05) is 49.6 Å². The Morgan fingerprint density at radius 1 is 1.10 bits per heavy atom. The van der Waals surface area contributed by atoms with Crippen molar-refractivity contribution in [2.45, 2.75) is 20.3 Å². The van der Waals surface area contributed by atoms with Crippen molar-refractivity contribution < 1.29 is 9.59 Å². The molecule has 0 aliphatic carbocycles. The molecule has 1 aromatic heterocycles. The number of hydrogen-bond acceptors (Lipinski definition) is 3. The first kappa shape index (κ1) is 15.3. The Balaban J connectivity index is 1.83. The largest absolute Gasteiger partial charge is 0.347 e. The summed E-state index contributed by atoms with van der Waals surface area (Å²) in [6, 6.07) is 9.66. The number of amides is 2. The van der Waals surface area contributed by atoms with E-state index in [-0.39, 0.29) is 0 Å². The lowest BCUT2D eigenvalue weighted by Crippen LogP contribution is -2.36. The van der Waals surface area contributed by atoms with Crippen LogP contribution in [0.4, 0.5) is 5.69 Å². The molecule has 4 nitrogen and oxygen atoms in total. The van der Waals surface area contributed by atoms with Crippen molar-refractivity contribution >= 4 is 28.8 Å². The number of nitrogens with one attached hydrogen (secondary N) is 2. The lowest BCUT2D eigenvalue weighted by Gasteiger charge is -2.08. The third-order valence-corrected chi connectivity index (χ3v) is 3.86. The van der Waals surface area contributed by atoms with Crippen LogP contribution in [0.5, 0.6) is 0 Å².